The molecule has 0 nitrogen and oxygen atoms in total. The van der Waals surface area contributed by atoms with Gasteiger partial charge in [-0.3, -0.25) is 0 Å². The van der Waals surface area contributed by atoms with Crippen molar-refractivity contribution < 1.29 is 0 Å². The smallest absolute Gasteiger partial charge is 0.0279 e. The summed E-state index contributed by atoms with van der Waals surface area (Å²) in [6.07, 6.45) is 7.71. The summed E-state index contributed by atoms with van der Waals surface area (Å²) in [4.78, 5) is 0. The normalized spacial score (nSPS) is 10.6. The zero-order valence-corrected chi connectivity index (χ0v) is 10.5. The molecule has 0 aromatic heterocycles. The highest BCUT2D eigenvalue weighted by atomic mass is 14.0. The lowest BCUT2D eigenvalue weighted by molar-refractivity contribution is 0.779. The molecule has 0 bridgehead atoms. The summed E-state index contributed by atoms with van der Waals surface area (Å²) in [6.45, 7) is 6.73. The molecule has 0 aliphatic heterocycles. The summed E-state index contributed by atoms with van der Waals surface area (Å²) >= 11 is 0. The van der Waals surface area contributed by atoms with Gasteiger partial charge in [-0.15, -0.1) is 0 Å². The van der Waals surface area contributed by atoms with Crippen LogP contribution in [0.15, 0.2) is 18.2 Å². The average molecular weight is 204 g/mol. The van der Waals surface area contributed by atoms with Gasteiger partial charge in [0.25, 0.3) is 0 Å². The molecule has 0 unspecified atom stereocenters. The Morgan fingerprint density at radius 1 is 0.800 bits per heavy atom. The van der Waals surface area contributed by atoms with Crippen molar-refractivity contribution in [1.82, 2.24) is 0 Å². The van der Waals surface area contributed by atoms with E-state index in [1.807, 2.05) is 0 Å². The van der Waals surface area contributed by atoms with Crippen LogP contribution in [0.1, 0.15) is 56.2 Å². The van der Waals surface area contributed by atoms with Gasteiger partial charge < -0.3 is 0 Å². The first-order chi connectivity index (χ1) is 7.26. The Kier molecular flexibility index (Phi) is 5.45. The van der Waals surface area contributed by atoms with E-state index >= 15 is 0 Å². The van der Waals surface area contributed by atoms with Crippen molar-refractivity contribution in [2.45, 2.75) is 59.3 Å². The fraction of sp³-hybridized carbons (Fsp3) is 0.600. The summed E-state index contributed by atoms with van der Waals surface area (Å²) in [5.74, 6) is 0. The molecule has 0 N–H and O–H groups in total. The fourth-order valence-corrected chi connectivity index (χ4v) is 2.00. The van der Waals surface area contributed by atoms with E-state index in [-0.39, 0.29) is 0 Å². The average Bonchev–Trinajstić information content (AvgIpc) is 2.23. The van der Waals surface area contributed by atoms with Crippen molar-refractivity contribution in [2.24, 2.45) is 0 Å². The number of benzene rings is 1. The lowest BCUT2D eigenvalue weighted by Gasteiger charge is -2.07. The standard InChI is InChI=1S/C15H24/c1-4-6-8-14-10-13(3)11-15(12-14)9-7-5-2/h10-12H,4-9H2,1-3H3. The molecule has 1 rings (SSSR count). The maximum atomic E-state index is 2.40. The van der Waals surface area contributed by atoms with Gasteiger partial charge in [-0.2, -0.15) is 0 Å². The van der Waals surface area contributed by atoms with E-state index in [1.165, 1.54) is 55.2 Å². The molecular weight excluding hydrogens is 180 g/mol. The topological polar surface area (TPSA) is 0 Å². The minimum absolute atomic E-state index is 1.25. The van der Waals surface area contributed by atoms with Gasteiger partial charge in [0.05, 0.1) is 0 Å². The minimum atomic E-state index is 1.25. The van der Waals surface area contributed by atoms with Gasteiger partial charge in [-0.05, 0) is 43.7 Å². The summed E-state index contributed by atoms with van der Waals surface area (Å²) in [6, 6.07) is 7.08. The van der Waals surface area contributed by atoms with E-state index in [0.717, 1.165) is 0 Å². The molecule has 0 saturated heterocycles. The lowest BCUT2D eigenvalue weighted by Crippen LogP contribution is -1.91. The fourth-order valence-electron chi connectivity index (χ4n) is 2.00. The monoisotopic (exact) mass is 204 g/mol. The first-order valence-corrected chi connectivity index (χ1v) is 6.35. The van der Waals surface area contributed by atoms with Gasteiger partial charge in [0.1, 0.15) is 0 Å². The molecule has 0 amide bonds. The molecule has 0 heterocycles. The second-order valence-corrected chi connectivity index (χ2v) is 4.53. The van der Waals surface area contributed by atoms with Crippen LogP contribution in [0.25, 0.3) is 0 Å². The van der Waals surface area contributed by atoms with Gasteiger partial charge >= 0.3 is 0 Å². The zero-order valence-electron chi connectivity index (χ0n) is 10.5. The molecule has 84 valence electrons. The third-order valence-electron chi connectivity index (χ3n) is 2.83. The Balaban J connectivity index is 2.66. The first-order valence-electron chi connectivity index (χ1n) is 6.35. The largest absolute Gasteiger partial charge is 0.0654 e. The van der Waals surface area contributed by atoms with E-state index in [2.05, 4.69) is 39.0 Å². The second kappa shape index (κ2) is 6.66. The van der Waals surface area contributed by atoms with E-state index in [4.69, 9.17) is 0 Å². The van der Waals surface area contributed by atoms with Crippen LogP contribution in [0.2, 0.25) is 0 Å². The molecule has 1 aromatic carbocycles. The van der Waals surface area contributed by atoms with Crippen molar-refractivity contribution in [3.63, 3.8) is 0 Å². The van der Waals surface area contributed by atoms with Gasteiger partial charge in [0.15, 0.2) is 0 Å². The van der Waals surface area contributed by atoms with Crippen molar-refractivity contribution in [3.8, 4) is 0 Å². The summed E-state index contributed by atoms with van der Waals surface area (Å²) in [5, 5.41) is 0. The highest BCUT2D eigenvalue weighted by Gasteiger charge is 1.98. The molecule has 0 saturated carbocycles. The Morgan fingerprint density at radius 2 is 1.27 bits per heavy atom. The van der Waals surface area contributed by atoms with Crippen LogP contribution in [-0.2, 0) is 12.8 Å². The van der Waals surface area contributed by atoms with Gasteiger partial charge in [-0.1, -0.05) is 50.5 Å². The predicted octanol–water partition coefficient (Wildman–Crippen LogP) is 4.68. The molecule has 0 radical (unpaired) electrons. The Hall–Kier alpha value is -0.780. The van der Waals surface area contributed by atoms with Crippen molar-refractivity contribution >= 4 is 0 Å². The number of hydrogen-bond acceptors (Lipinski definition) is 0. The number of rotatable bonds is 6. The van der Waals surface area contributed by atoms with Crippen LogP contribution in [0.4, 0.5) is 0 Å². The molecule has 0 heteroatoms. The second-order valence-electron chi connectivity index (χ2n) is 4.53. The van der Waals surface area contributed by atoms with E-state index in [1.54, 1.807) is 0 Å². The highest BCUT2D eigenvalue weighted by molar-refractivity contribution is 5.29. The quantitative estimate of drug-likeness (QED) is 0.631. The summed E-state index contributed by atoms with van der Waals surface area (Å²) in [5.41, 5.74) is 4.49. The van der Waals surface area contributed by atoms with Crippen LogP contribution in [0, 0.1) is 6.92 Å². The van der Waals surface area contributed by atoms with Crippen LogP contribution < -0.4 is 0 Å². The first kappa shape index (κ1) is 12.3. The Bertz CT molecular complexity index is 260. The van der Waals surface area contributed by atoms with Crippen molar-refractivity contribution in [3.05, 3.63) is 34.9 Å². The third kappa shape index (κ3) is 4.51. The Labute approximate surface area is 94.7 Å². The number of unbranched alkanes of at least 4 members (excludes halogenated alkanes) is 2. The SMILES string of the molecule is CCCCc1cc(C)cc(CCCC)c1. The maximum absolute atomic E-state index is 2.40. The van der Waals surface area contributed by atoms with Crippen LogP contribution >= 0.6 is 0 Å². The van der Waals surface area contributed by atoms with Crippen LogP contribution in [0.3, 0.4) is 0 Å². The molecule has 0 fully saturated rings. The summed E-state index contributed by atoms with van der Waals surface area (Å²) < 4.78 is 0. The Morgan fingerprint density at radius 3 is 1.67 bits per heavy atom. The highest BCUT2D eigenvalue weighted by Crippen LogP contribution is 2.14. The molecule has 0 atom stereocenters. The predicted molar refractivity (Wildman–Crippen MR) is 68.4 cm³/mol. The summed E-state index contributed by atoms with van der Waals surface area (Å²) in [7, 11) is 0. The van der Waals surface area contributed by atoms with E-state index in [9.17, 15) is 0 Å². The van der Waals surface area contributed by atoms with Crippen LogP contribution in [0.5, 0.6) is 0 Å². The minimum Gasteiger partial charge on any atom is -0.0654 e. The van der Waals surface area contributed by atoms with E-state index < -0.39 is 0 Å². The van der Waals surface area contributed by atoms with E-state index in [0.29, 0.717) is 0 Å². The zero-order chi connectivity index (χ0) is 11.1. The number of aryl methyl sites for hydroxylation is 3. The molecule has 0 spiro atoms. The van der Waals surface area contributed by atoms with Gasteiger partial charge in [0.2, 0.25) is 0 Å². The lowest BCUT2D eigenvalue weighted by atomic mass is 9.99. The van der Waals surface area contributed by atoms with Crippen molar-refractivity contribution in [1.29, 1.82) is 0 Å². The molecule has 1 aromatic rings. The molecule has 15 heavy (non-hydrogen) atoms. The van der Waals surface area contributed by atoms with Gasteiger partial charge in [-0.25, -0.2) is 0 Å². The molecular formula is C15H24. The number of hydrogen-bond donors (Lipinski definition) is 0. The maximum Gasteiger partial charge on any atom is -0.0279 e. The molecule has 0 aliphatic rings. The van der Waals surface area contributed by atoms with Gasteiger partial charge in [0, 0.05) is 0 Å². The van der Waals surface area contributed by atoms with Crippen LogP contribution in [-0.4, -0.2) is 0 Å². The third-order valence-corrected chi connectivity index (χ3v) is 2.83. The molecule has 0 aliphatic carbocycles. The van der Waals surface area contributed by atoms with Crippen molar-refractivity contribution in [2.75, 3.05) is 0 Å².